The van der Waals surface area contributed by atoms with Crippen molar-refractivity contribution in [2.24, 2.45) is 5.92 Å². The lowest BCUT2D eigenvalue weighted by molar-refractivity contribution is -0.121. The van der Waals surface area contributed by atoms with Crippen LogP contribution in [0.1, 0.15) is 37.7 Å². The quantitative estimate of drug-likeness (QED) is 0.866. The number of hydrogen-bond acceptors (Lipinski definition) is 2. The Labute approximate surface area is 128 Å². The molecule has 0 radical (unpaired) electrons. The summed E-state index contributed by atoms with van der Waals surface area (Å²) in [6.45, 7) is 0.754. The molecule has 1 fully saturated rings. The molecular formula is C16H22BrNO2. The SMILES string of the molecule is O=C(CCc1cccc(Br)c1)NCC1CCC(O)CC1. The van der Waals surface area contributed by atoms with Crippen LogP contribution in [0.4, 0.5) is 0 Å². The van der Waals surface area contributed by atoms with Crippen molar-refractivity contribution < 1.29 is 9.90 Å². The maximum atomic E-state index is 11.8. The molecule has 0 spiro atoms. The van der Waals surface area contributed by atoms with Crippen molar-refractivity contribution in [2.75, 3.05) is 6.54 Å². The lowest BCUT2D eigenvalue weighted by Gasteiger charge is -2.25. The first-order valence-electron chi connectivity index (χ1n) is 7.32. The van der Waals surface area contributed by atoms with E-state index in [2.05, 4.69) is 27.3 Å². The molecule has 20 heavy (non-hydrogen) atoms. The average molecular weight is 340 g/mol. The van der Waals surface area contributed by atoms with Crippen LogP contribution < -0.4 is 5.32 Å². The van der Waals surface area contributed by atoms with Crippen LogP contribution in [0, 0.1) is 5.92 Å². The van der Waals surface area contributed by atoms with Gasteiger partial charge in [0.1, 0.15) is 0 Å². The molecule has 1 saturated carbocycles. The van der Waals surface area contributed by atoms with E-state index in [0.717, 1.165) is 43.1 Å². The monoisotopic (exact) mass is 339 g/mol. The summed E-state index contributed by atoms with van der Waals surface area (Å²) < 4.78 is 1.05. The van der Waals surface area contributed by atoms with Crippen molar-refractivity contribution in [2.45, 2.75) is 44.6 Å². The zero-order valence-corrected chi connectivity index (χ0v) is 13.2. The molecule has 1 aromatic rings. The number of aliphatic hydroxyl groups is 1. The molecule has 2 rings (SSSR count). The summed E-state index contributed by atoms with van der Waals surface area (Å²) in [4.78, 5) is 11.8. The van der Waals surface area contributed by atoms with Crippen LogP contribution in [0.2, 0.25) is 0 Å². The number of aryl methyl sites for hydroxylation is 1. The topological polar surface area (TPSA) is 49.3 Å². The minimum Gasteiger partial charge on any atom is -0.393 e. The number of rotatable bonds is 5. The van der Waals surface area contributed by atoms with E-state index in [-0.39, 0.29) is 12.0 Å². The number of hydrogen-bond donors (Lipinski definition) is 2. The molecule has 4 heteroatoms. The van der Waals surface area contributed by atoms with E-state index < -0.39 is 0 Å². The molecule has 0 aliphatic heterocycles. The predicted octanol–water partition coefficient (Wildman–Crippen LogP) is 3.05. The van der Waals surface area contributed by atoms with Crippen LogP contribution in [-0.2, 0) is 11.2 Å². The van der Waals surface area contributed by atoms with Gasteiger partial charge in [-0.1, -0.05) is 28.1 Å². The van der Waals surface area contributed by atoms with Crippen molar-refractivity contribution in [3.8, 4) is 0 Å². The number of carbonyl (C=O) groups excluding carboxylic acids is 1. The van der Waals surface area contributed by atoms with Gasteiger partial charge in [-0.3, -0.25) is 4.79 Å². The third kappa shape index (κ3) is 5.25. The first-order chi connectivity index (χ1) is 9.63. The summed E-state index contributed by atoms with van der Waals surface area (Å²) in [6, 6.07) is 8.07. The van der Waals surface area contributed by atoms with E-state index in [1.165, 1.54) is 5.56 Å². The first-order valence-corrected chi connectivity index (χ1v) is 8.12. The number of carbonyl (C=O) groups is 1. The summed E-state index contributed by atoms with van der Waals surface area (Å²) in [5.74, 6) is 0.657. The van der Waals surface area contributed by atoms with Crippen LogP contribution in [0.5, 0.6) is 0 Å². The minimum atomic E-state index is -0.126. The van der Waals surface area contributed by atoms with E-state index in [9.17, 15) is 9.90 Å². The van der Waals surface area contributed by atoms with Gasteiger partial charge in [0.25, 0.3) is 0 Å². The second-order valence-corrected chi connectivity index (χ2v) is 6.52. The summed E-state index contributed by atoms with van der Waals surface area (Å²) in [5, 5.41) is 12.5. The molecule has 1 aliphatic rings. The van der Waals surface area contributed by atoms with E-state index >= 15 is 0 Å². The van der Waals surface area contributed by atoms with Crippen LogP contribution >= 0.6 is 15.9 Å². The summed E-state index contributed by atoms with van der Waals surface area (Å²) in [7, 11) is 0. The fraction of sp³-hybridized carbons (Fsp3) is 0.562. The largest absolute Gasteiger partial charge is 0.393 e. The van der Waals surface area contributed by atoms with Crippen LogP contribution in [0.15, 0.2) is 28.7 Å². The van der Waals surface area contributed by atoms with Crippen molar-refractivity contribution in [1.29, 1.82) is 0 Å². The summed E-state index contributed by atoms with van der Waals surface area (Å²) in [5.41, 5.74) is 1.18. The van der Waals surface area contributed by atoms with E-state index in [1.807, 2.05) is 18.2 Å². The van der Waals surface area contributed by atoms with Crippen molar-refractivity contribution in [3.63, 3.8) is 0 Å². The normalized spacial score (nSPS) is 22.5. The van der Waals surface area contributed by atoms with Crippen molar-refractivity contribution >= 4 is 21.8 Å². The predicted molar refractivity (Wildman–Crippen MR) is 83.4 cm³/mol. The van der Waals surface area contributed by atoms with Gasteiger partial charge < -0.3 is 10.4 Å². The Morgan fingerprint density at radius 2 is 2.05 bits per heavy atom. The molecule has 110 valence electrons. The van der Waals surface area contributed by atoms with Gasteiger partial charge in [-0.2, -0.15) is 0 Å². The Hall–Kier alpha value is -0.870. The Bertz CT molecular complexity index is 442. The van der Waals surface area contributed by atoms with Crippen LogP contribution in [0.3, 0.4) is 0 Å². The third-order valence-electron chi connectivity index (χ3n) is 3.93. The molecule has 0 unspecified atom stereocenters. The molecular weight excluding hydrogens is 318 g/mol. The first kappa shape index (κ1) is 15.5. The van der Waals surface area contributed by atoms with Gasteiger partial charge >= 0.3 is 0 Å². The molecule has 0 saturated heterocycles. The highest BCUT2D eigenvalue weighted by atomic mass is 79.9. The highest BCUT2D eigenvalue weighted by Gasteiger charge is 2.19. The van der Waals surface area contributed by atoms with Crippen molar-refractivity contribution in [3.05, 3.63) is 34.3 Å². The molecule has 0 atom stereocenters. The molecule has 2 N–H and O–H groups in total. The second-order valence-electron chi connectivity index (χ2n) is 5.61. The molecule has 1 aromatic carbocycles. The molecule has 0 heterocycles. The fourth-order valence-corrected chi connectivity index (χ4v) is 3.09. The van der Waals surface area contributed by atoms with Gasteiger partial charge in [0.05, 0.1) is 6.10 Å². The van der Waals surface area contributed by atoms with E-state index in [0.29, 0.717) is 12.3 Å². The van der Waals surface area contributed by atoms with Gasteiger partial charge in [0.15, 0.2) is 0 Å². The summed E-state index contributed by atoms with van der Waals surface area (Å²) >= 11 is 3.44. The lowest BCUT2D eigenvalue weighted by Crippen LogP contribution is -2.32. The minimum absolute atomic E-state index is 0.121. The van der Waals surface area contributed by atoms with Gasteiger partial charge in [-0.15, -0.1) is 0 Å². The van der Waals surface area contributed by atoms with Crippen LogP contribution in [0.25, 0.3) is 0 Å². The van der Waals surface area contributed by atoms with Gasteiger partial charge in [-0.25, -0.2) is 0 Å². The van der Waals surface area contributed by atoms with Gasteiger partial charge in [-0.05, 0) is 55.7 Å². The zero-order chi connectivity index (χ0) is 14.4. The van der Waals surface area contributed by atoms with Crippen LogP contribution in [-0.4, -0.2) is 23.7 Å². The second kappa shape index (κ2) is 7.79. The Kier molecular flexibility index (Phi) is 6.05. The number of benzene rings is 1. The Balaban J connectivity index is 1.65. The smallest absolute Gasteiger partial charge is 0.220 e. The average Bonchev–Trinajstić information content (AvgIpc) is 2.45. The molecule has 1 aliphatic carbocycles. The maximum absolute atomic E-state index is 11.8. The molecule has 0 bridgehead atoms. The molecule has 1 amide bonds. The third-order valence-corrected chi connectivity index (χ3v) is 4.43. The zero-order valence-electron chi connectivity index (χ0n) is 11.6. The lowest BCUT2D eigenvalue weighted by atomic mass is 9.87. The standard InChI is InChI=1S/C16H22BrNO2/c17-14-3-1-2-12(10-14)6-9-16(20)18-11-13-4-7-15(19)8-5-13/h1-3,10,13,15,19H,4-9,11H2,(H,18,20). The molecule has 0 aromatic heterocycles. The van der Waals surface area contributed by atoms with Gasteiger partial charge in [0, 0.05) is 17.4 Å². The van der Waals surface area contributed by atoms with E-state index in [1.54, 1.807) is 0 Å². The molecule has 3 nitrogen and oxygen atoms in total. The number of amides is 1. The number of aliphatic hydroxyl groups excluding tert-OH is 1. The van der Waals surface area contributed by atoms with Gasteiger partial charge in [0.2, 0.25) is 5.91 Å². The number of halogens is 1. The number of nitrogens with one attached hydrogen (secondary N) is 1. The highest BCUT2D eigenvalue weighted by Crippen LogP contribution is 2.23. The van der Waals surface area contributed by atoms with E-state index in [4.69, 9.17) is 0 Å². The Morgan fingerprint density at radius 3 is 2.75 bits per heavy atom. The van der Waals surface area contributed by atoms with Crippen molar-refractivity contribution in [1.82, 2.24) is 5.32 Å². The fourth-order valence-electron chi connectivity index (χ4n) is 2.65. The Morgan fingerprint density at radius 1 is 1.30 bits per heavy atom. The maximum Gasteiger partial charge on any atom is 0.220 e. The highest BCUT2D eigenvalue weighted by molar-refractivity contribution is 9.10. The summed E-state index contributed by atoms with van der Waals surface area (Å²) in [6.07, 6.45) is 4.97.